The number of carbonyl (C=O) groups is 2. The van der Waals surface area contributed by atoms with Crippen LogP contribution in [0.2, 0.25) is 0 Å². The predicted octanol–water partition coefficient (Wildman–Crippen LogP) is 3.57. The minimum Gasteiger partial charge on any atom is -0.480 e. The van der Waals surface area contributed by atoms with Gasteiger partial charge >= 0.3 is 12.1 Å². The summed E-state index contributed by atoms with van der Waals surface area (Å²) < 4.78 is 5.07. The number of hydrogen-bond donors (Lipinski definition) is 2. The minimum atomic E-state index is -0.993. The Morgan fingerprint density at radius 3 is 2.15 bits per heavy atom. The van der Waals surface area contributed by atoms with E-state index in [4.69, 9.17) is 9.84 Å². The number of nitrogens with one attached hydrogen (secondary N) is 1. The maximum Gasteiger partial charge on any atom is 0.408 e. The first-order valence-corrected chi connectivity index (χ1v) is 7.50. The summed E-state index contributed by atoms with van der Waals surface area (Å²) in [4.78, 5) is 22.7. The topological polar surface area (TPSA) is 75.6 Å². The summed E-state index contributed by atoms with van der Waals surface area (Å²) in [6.45, 7) is 9.25. The molecule has 0 aromatic rings. The molecule has 0 aliphatic heterocycles. The highest BCUT2D eigenvalue weighted by Gasteiger charge is 2.27. The smallest absolute Gasteiger partial charge is 0.408 e. The second kappa shape index (κ2) is 8.82. The lowest BCUT2D eigenvalue weighted by Crippen LogP contribution is -2.44. The molecule has 1 atom stereocenters. The highest BCUT2D eigenvalue weighted by molar-refractivity contribution is 5.80. The quantitative estimate of drug-likeness (QED) is 0.828. The molecule has 0 bridgehead atoms. The first-order valence-electron chi connectivity index (χ1n) is 7.50. The van der Waals surface area contributed by atoms with E-state index in [0.29, 0.717) is 12.3 Å². The lowest BCUT2D eigenvalue weighted by atomic mass is 9.98. The zero-order valence-corrected chi connectivity index (χ0v) is 13.4. The van der Waals surface area contributed by atoms with Gasteiger partial charge in [-0.2, -0.15) is 0 Å². The summed E-state index contributed by atoms with van der Waals surface area (Å²) in [7, 11) is 0. The van der Waals surface area contributed by atoms with Crippen LogP contribution in [0.25, 0.3) is 0 Å². The average Bonchev–Trinajstić information content (AvgIpc) is 2.81. The molecular weight excluding hydrogens is 258 g/mol. The highest BCUT2D eigenvalue weighted by Crippen LogP contribution is 2.28. The molecule has 0 radical (unpaired) electrons. The molecule has 0 aromatic carbocycles. The van der Waals surface area contributed by atoms with E-state index >= 15 is 0 Å². The minimum absolute atomic E-state index is 0.404. The van der Waals surface area contributed by atoms with Crippen molar-refractivity contribution in [1.82, 2.24) is 5.32 Å². The van der Waals surface area contributed by atoms with Gasteiger partial charge in [-0.3, -0.25) is 0 Å². The van der Waals surface area contributed by atoms with E-state index in [2.05, 4.69) is 5.32 Å². The normalized spacial score (nSPS) is 16.9. The number of hydrogen-bond acceptors (Lipinski definition) is 3. The monoisotopic (exact) mass is 287 g/mol. The summed E-state index contributed by atoms with van der Waals surface area (Å²) in [5.41, 5.74) is -0.611. The molecule has 1 unspecified atom stereocenters. The molecule has 1 amide bonds. The summed E-state index contributed by atoms with van der Waals surface area (Å²) in [5.74, 6) is -0.589. The van der Waals surface area contributed by atoms with Crippen molar-refractivity contribution in [2.45, 2.75) is 78.4 Å². The number of rotatable bonds is 4. The third-order valence-corrected chi connectivity index (χ3v) is 3.03. The fourth-order valence-electron chi connectivity index (χ4n) is 2.25. The first-order chi connectivity index (χ1) is 9.28. The van der Waals surface area contributed by atoms with Crippen molar-refractivity contribution in [2.75, 3.05) is 0 Å². The number of carboxylic acid groups (broad SMARTS) is 1. The maximum absolute atomic E-state index is 11.6. The Labute approximate surface area is 122 Å². The standard InChI is InChI=1S/C13H23NO4.C2H6/c1-13(2,3)18-12(17)14-10(11(15)16)8-9-6-4-5-7-9;1-2/h9-10H,4-8H2,1-3H3,(H,14,17)(H,15,16);1-2H3. The summed E-state index contributed by atoms with van der Waals surface area (Å²) in [6.07, 6.45) is 4.26. The van der Waals surface area contributed by atoms with Crippen LogP contribution in [0.15, 0.2) is 0 Å². The van der Waals surface area contributed by atoms with Crippen LogP contribution in [0.1, 0.15) is 66.7 Å². The van der Waals surface area contributed by atoms with Crippen LogP contribution in [0.4, 0.5) is 4.79 Å². The Morgan fingerprint density at radius 2 is 1.75 bits per heavy atom. The van der Waals surface area contributed by atoms with Crippen molar-refractivity contribution in [3.63, 3.8) is 0 Å². The Bertz CT molecular complexity index is 303. The molecule has 2 N–H and O–H groups in total. The molecule has 1 rings (SSSR count). The van der Waals surface area contributed by atoms with E-state index in [0.717, 1.165) is 25.7 Å². The van der Waals surface area contributed by atoms with E-state index in [-0.39, 0.29) is 0 Å². The second-order valence-corrected chi connectivity index (χ2v) is 5.92. The summed E-state index contributed by atoms with van der Waals surface area (Å²) in [6, 6.07) is -0.844. The largest absolute Gasteiger partial charge is 0.480 e. The SMILES string of the molecule is CC.CC(C)(C)OC(=O)NC(CC1CCCC1)C(=O)O. The number of carboxylic acids is 1. The lowest BCUT2D eigenvalue weighted by molar-refractivity contribution is -0.140. The van der Waals surface area contributed by atoms with E-state index in [1.807, 2.05) is 13.8 Å². The third kappa shape index (κ3) is 8.02. The Hall–Kier alpha value is -1.26. The van der Waals surface area contributed by atoms with Crippen molar-refractivity contribution in [3.8, 4) is 0 Å². The molecular formula is C15H29NO4. The van der Waals surface area contributed by atoms with Crippen LogP contribution < -0.4 is 5.32 Å². The van der Waals surface area contributed by atoms with Gasteiger partial charge in [0.2, 0.25) is 0 Å². The number of ether oxygens (including phenoxy) is 1. The molecule has 1 saturated carbocycles. The van der Waals surface area contributed by atoms with Crippen LogP contribution in [-0.4, -0.2) is 28.8 Å². The van der Waals surface area contributed by atoms with Gasteiger partial charge in [0.1, 0.15) is 11.6 Å². The van der Waals surface area contributed by atoms with Crippen molar-refractivity contribution >= 4 is 12.1 Å². The molecule has 1 aliphatic carbocycles. The molecule has 0 spiro atoms. The van der Waals surface area contributed by atoms with Gasteiger partial charge in [0, 0.05) is 0 Å². The van der Waals surface area contributed by atoms with Crippen molar-refractivity contribution in [1.29, 1.82) is 0 Å². The number of aliphatic carboxylic acids is 1. The molecule has 118 valence electrons. The van der Waals surface area contributed by atoms with Gasteiger partial charge in [-0.1, -0.05) is 39.5 Å². The fraction of sp³-hybridized carbons (Fsp3) is 0.867. The fourth-order valence-corrected chi connectivity index (χ4v) is 2.25. The Morgan fingerprint density at radius 1 is 1.25 bits per heavy atom. The van der Waals surface area contributed by atoms with Gasteiger partial charge in [-0.15, -0.1) is 0 Å². The number of alkyl carbamates (subject to hydrolysis) is 1. The molecule has 1 fully saturated rings. The van der Waals surface area contributed by atoms with Gasteiger partial charge in [0.05, 0.1) is 0 Å². The van der Waals surface area contributed by atoms with Crippen LogP contribution in [0.3, 0.4) is 0 Å². The van der Waals surface area contributed by atoms with E-state index in [1.54, 1.807) is 20.8 Å². The van der Waals surface area contributed by atoms with Gasteiger partial charge in [0.15, 0.2) is 0 Å². The third-order valence-electron chi connectivity index (χ3n) is 3.03. The van der Waals surface area contributed by atoms with Crippen molar-refractivity contribution in [3.05, 3.63) is 0 Å². The molecule has 0 heterocycles. The number of carbonyl (C=O) groups excluding carboxylic acids is 1. The van der Waals surface area contributed by atoms with Crippen LogP contribution in [0.5, 0.6) is 0 Å². The van der Waals surface area contributed by atoms with Crippen molar-refractivity contribution in [2.24, 2.45) is 5.92 Å². The maximum atomic E-state index is 11.6. The molecule has 5 heteroatoms. The van der Waals surface area contributed by atoms with E-state index in [9.17, 15) is 9.59 Å². The van der Waals surface area contributed by atoms with Gasteiger partial charge < -0.3 is 15.2 Å². The molecule has 5 nitrogen and oxygen atoms in total. The van der Waals surface area contributed by atoms with Crippen LogP contribution >= 0.6 is 0 Å². The van der Waals surface area contributed by atoms with Crippen molar-refractivity contribution < 1.29 is 19.4 Å². The second-order valence-electron chi connectivity index (χ2n) is 5.92. The number of amides is 1. The predicted molar refractivity (Wildman–Crippen MR) is 78.7 cm³/mol. The highest BCUT2D eigenvalue weighted by atomic mass is 16.6. The summed E-state index contributed by atoms with van der Waals surface area (Å²) in [5, 5.41) is 11.5. The van der Waals surface area contributed by atoms with Gasteiger partial charge in [-0.05, 0) is 33.1 Å². The van der Waals surface area contributed by atoms with E-state index in [1.165, 1.54) is 0 Å². The molecule has 1 aliphatic rings. The molecule has 0 aromatic heterocycles. The molecule has 20 heavy (non-hydrogen) atoms. The van der Waals surface area contributed by atoms with Crippen LogP contribution in [-0.2, 0) is 9.53 Å². The zero-order chi connectivity index (χ0) is 15.8. The molecule has 0 saturated heterocycles. The van der Waals surface area contributed by atoms with Gasteiger partial charge in [0.25, 0.3) is 0 Å². The average molecular weight is 287 g/mol. The lowest BCUT2D eigenvalue weighted by Gasteiger charge is -2.23. The van der Waals surface area contributed by atoms with Crippen LogP contribution in [0, 0.1) is 5.92 Å². The first kappa shape index (κ1) is 18.7. The Kier molecular flexibility index (Phi) is 8.26. The summed E-state index contributed by atoms with van der Waals surface area (Å²) >= 11 is 0. The zero-order valence-electron chi connectivity index (χ0n) is 13.4. The Balaban J connectivity index is 0.00000172. The van der Waals surface area contributed by atoms with E-state index < -0.39 is 23.7 Å². The van der Waals surface area contributed by atoms with Gasteiger partial charge in [-0.25, -0.2) is 9.59 Å².